The van der Waals surface area contributed by atoms with Gasteiger partial charge < -0.3 is 20.1 Å². The van der Waals surface area contributed by atoms with Gasteiger partial charge in [0.15, 0.2) is 6.10 Å². The summed E-state index contributed by atoms with van der Waals surface area (Å²) < 4.78 is 11.0. The molecule has 6 nitrogen and oxygen atoms in total. The first-order valence-corrected chi connectivity index (χ1v) is 8.16. The first-order valence-electron chi connectivity index (χ1n) is 8.16. The molecule has 25 heavy (non-hydrogen) atoms. The Bertz CT molecular complexity index is 787. The predicted molar refractivity (Wildman–Crippen MR) is 95.1 cm³/mol. The van der Waals surface area contributed by atoms with Gasteiger partial charge in [-0.15, -0.1) is 0 Å². The molecule has 2 aromatic carbocycles. The summed E-state index contributed by atoms with van der Waals surface area (Å²) in [6.07, 6.45) is -0.912. The predicted octanol–water partition coefficient (Wildman–Crippen LogP) is 3.12. The molecule has 2 N–H and O–H groups in total. The van der Waals surface area contributed by atoms with E-state index < -0.39 is 6.10 Å². The van der Waals surface area contributed by atoms with Crippen LogP contribution in [-0.2, 0) is 9.59 Å². The third-order valence-corrected chi connectivity index (χ3v) is 3.77. The summed E-state index contributed by atoms with van der Waals surface area (Å²) in [5, 5.41) is 5.54. The number of hydrogen-bond acceptors (Lipinski definition) is 4. The molecule has 0 bridgehead atoms. The molecule has 0 radical (unpaired) electrons. The maximum atomic E-state index is 12.2. The number of nitrogens with one attached hydrogen (secondary N) is 2. The Kier molecular flexibility index (Phi) is 4.88. The second-order valence-corrected chi connectivity index (χ2v) is 5.81. The highest BCUT2D eigenvalue weighted by Gasteiger charge is 2.29. The lowest BCUT2D eigenvalue weighted by atomic mass is 10.1. The highest BCUT2D eigenvalue weighted by Crippen LogP contribution is 2.31. The zero-order valence-corrected chi connectivity index (χ0v) is 14.2. The number of anilines is 2. The van der Waals surface area contributed by atoms with Gasteiger partial charge in [0.25, 0.3) is 5.91 Å². The van der Waals surface area contributed by atoms with E-state index >= 15 is 0 Å². The number of aryl methyl sites for hydroxylation is 1. The van der Waals surface area contributed by atoms with E-state index in [2.05, 4.69) is 10.6 Å². The van der Waals surface area contributed by atoms with E-state index in [1.807, 2.05) is 26.0 Å². The molecule has 130 valence electrons. The minimum Gasteiger partial charge on any atom is -0.494 e. The number of amides is 2. The molecule has 2 aromatic rings. The topological polar surface area (TPSA) is 76.7 Å². The first-order chi connectivity index (χ1) is 12.0. The SMILES string of the molecule is CCOc1ccc(NC(=O)CC2Oc3ccc(C)cc3NC2=O)cc1. The molecule has 0 saturated carbocycles. The minimum absolute atomic E-state index is 0.0631. The lowest BCUT2D eigenvalue weighted by Gasteiger charge is -2.25. The van der Waals surface area contributed by atoms with Crippen LogP contribution in [-0.4, -0.2) is 24.5 Å². The van der Waals surface area contributed by atoms with Crippen LogP contribution in [0, 0.1) is 6.92 Å². The van der Waals surface area contributed by atoms with Gasteiger partial charge in [-0.05, 0) is 55.8 Å². The average molecular weight is 340 g/mol. The van der Waals surface area contributed by atoms with E-state index in [1.165, 1.54) is 0 Å². The van der Waals surface area contributed by atoms with Crippen molar-refractivity contribution in [1.82, 2.24) is 0 Å². The molecule has 0 fully saturated rings. The summed E-state index contributed by atoms with van der Waals surface area (Å²) in [4.78, 5) is 24.3. The van der Waals surface area contributed by atoms with Gasteiger partial charge in [0.1, 0.15) is 11.5 Å². The molecular formula is C19H20N2O4. The van der Waals surface area contributed by atoms with E-state index in [0.717, 1.165) is 11.3 Å². The van der Waals surface area contributed by atoms with Gasteiger partial charge in [0.05, 0.1) is 18.7 Å². The van der Waals surface area contributed by atoms with Crippen molar-refractivity contribution in [2.24, 2.45) is 0 Å². The van der Waals surface area contributed by atoms with Crippen LogP contribution in [0.2, 0.25) is 0 Å². The number of benzene rings is 2. The molecule has 3 rings (SSSR count). The standard InChI is InChI=1S/C19H20N2O4/c1-3-24-14-7-5-13(6-8-14)20-18(22)11-17-19(23)21-15-10-12(2)4-9-16(15)25-17/h4-10,17H,3,11H2,1-2H3,(H,20,22)(H,21,23). The van der Waals surface area contributed by atoms with Crippen LogP contribution in [0.25, 0.3) is 0 Å². The molecule has 1 heterocycles. The number of fused-ring (bicyclic) bond motifs is 1. The van der Waals surface area contributed by atoms with Crippen molar-refractivity contribution in [1.29, 1.82) is 0 Å². The molecule has 1 atom stereocenters. The fourth-order valence-corrected chi connectivity index (χ4v) is 2.58. The molecule has 0 spiro atoms. The number of carbonyl (C=O) groups excluding carboxylic acids is 2. The van der Waals surface area contributed by atoms with E-state index in [1.54, 1.807) is 30.3 Å². The normalized spacial score (nSPS) is 15.6. The quantitative estimate of drug-likeness (QED) is 0.877. The molecule has 0 saturated heterocycles. The molecule has 1 unspecified atom stereocenters. The van der Waals surface area contributed by atoms with Gasteiger partial charge in [-0.25, -0.2) is 0 Å². The van der Waals surface area contributed by atoms with Crippen molar-refractivity contribution in [3.8, 4) is 11.5 Å². The summed E-state index contributed by atoms with van der Waals surface area (Å²) in [6, 6.07) is 12.6. The molecule has 0 aromatic heterocycles. The largest absolute Gasteiger partial charge is 0.494 e. The van der Waals surface area contributed by atoms with Gasteiger partial charge in [-0.3, -0.25) is 9.59 Å². The van der Waals surface area contributed by atoms with Gasteiger partial charge in [0.2, 0.25) is 5.91 Å². The van der Waals surface area contributed by atoms with Crippen molar-refractivity contribution in [3.63, 3.8) is 0 Å². The summed E-state index contributed by atoms with van der Waals surface area (Å²) in [5.74, 6) is 0.700. The highest BCUT2D eigenvalue weighted by molar-refractivity contribution is 6.02. The Morgan fingerprint density at radius 1 is 1.24 bits per heavy atom. The molecule has 1 aliphatic rings. The maximum absolute atomic E-state index is 12.2. The van der Waals surface area contributed by atoms with Gasteiger partial charge in [-0.2, -0.15) is 0 Å². The third-order valence-electron chi connectivity index (χ3n) is 3.77. The number of ether oxygens (including phenoxy) is 2. The number of hydrogen-bond donors (Lipinski definition) is 2. The van der Waals surface area contributed by atoms with Crippen molar-refractivity contribution in [2.75, 3.05) is 17.2 Å². The van der Waals surface area contributed by atoms with Crippen LogP contribution in [0.4, 0.5) is 11.4 Å². The molecule has 6 heteroatoms. The Morgan fingerprint density at radius 3 is 2.72 bits per heavy atom. The Balaban J connectivity index is 1.61. The molecule has 0 aliphatic carbocycles. The van der Waals surface area contributed by atoms with E-state index in [0.29, 0.717) is 23.7 Å². The van der Waals surface area contributed by atoms with Crippen LogP contribution < -0.4 is 20.1 Å². The van der Waals surface area contributed by atoms with Gasteiger partial charge >= 0.3 is 0 Å². The molecule has 2 amide bonds. The van der Waals surface area contributed by atoms with Crippen LogP contribution in [0.3, 0.4) is 0 Å². The number of rotatable bonds is 5. The van der Waals surface area contributed by atoms with Crippen molar-refractivity contribution >= 4 is 23.2 Å². The van der Waals surface area contributed by atoms with Crippen LogP contribution in [0.15, 0.2) is 42.5 Å². The van der Waals surface area contributed by atoms with Crippen molar-refractivity contribution in [2.45, 2.75) is 26.4 Å². The van der Waals surface area contributed by atoms with Crippen LogP contribution in [0.1, 0.15) is 18.9 Å². The minimum atomic E-state index is -0.849. The zero-order valence-electron chi connectivity index (χ0n) is 14.2. The smallest absolute Gasteiger partial charge is 0.266 e. The second kappa shape index (κ2) is 7.25. The first kappa shape index (κ1) is 16.8. The van der Waals surface area contributed by atoms with E-state index in [4.69, 9.17) is 9.47 Å². The second-order valence-electron chi connectivity index (χ2n) is 5.81. The maximum Gasteiger partial charge on any atom is 0.266 e. The lowest BCUT2D eigenvalue weighted by molar-refractivity contribution is -0.128. The van der Waals surface area contributed by atoms with Gasteiger partial charge in [0, 0.05) is 5.69 Å². The highest BCUT2D eigenvalue weighted by atomic mass is 16.5. The van der Waals surface area contributed by atoms with Crippen molar-refractivity contribution < 1.29 is 19.1 Å². The van der Waals surface area contributed by atoms with Crippen molar-refractivity contribution in [3.05, 3.63) is 48.0 Å². The van der Waals surface area contributed by atoms with Gasteiger partial charge in [-0.1, -0.05) is 6.07 Å². The summed E-state index contributed by atoms with van der Waals surface area (Å²) in [5.41, 5.74) is 2.29. The van der Waals surface area contributed by atoms with E-state index in [-0.39, 0.29) is 18.2 Å². The summed E-state index contributed by atoms with van der Waals surface area (Å²) in [7, 11) is 0. The fourth-order valence-electron chi connectivity index (χ4n) is 2.58. The fraction of sp³-hybridized carbons (Fsp3) is 0.263. The summed E-state index contributed by atoms with van der Waals surface area (Å²) >= 11 is 0. The third kappa shape index (κ3) is 4.09. The monoisotopic (exact) mass is 340 g/mol. The number of carbonyl (C=O) groups is 2. The molecule has 1 aliphatic heterocycles. The average Bonchev–Trinajstić information content (AvgIpc) is 2.58. The molecular weight excluding hydrogens is 320 g/mol. The Hall–Kier alpha value is -3.02. The van der Waals surface area contributed by atoms with E-state index in [9.17, 15) is 9.59 Å². The lowest BCUT2D eigenvalue weighted by Crippen LogP contribution is -2.39. The van der Waals surface area contributed by atoms with Crippen LogP contribution >= 0.6 is 0 Å². The Labute approximate surface area is 146 Å². The van der Waals surface area contributed by atoms with Crippen LogP contribution in [0.5, 0.6) is 11.5 Å². The zero-order chi connectivity index (χ0) is 17.8. The Morgan fingerprint density at radius 2 is 2.00 bits per heavy atom. The summed E-state index contributed by atoms with van der Waals surface area (Å²) in [6.45, 7) is 4.42.